The number of halogens is 1. The molecule has 6 nitrogen and oxygen atoms in total. The van der Waals surface area contributed by atoms with Crippen molar-refractivity contribution in [3.8, 4) is 28.7 Å². The van der Waals surface area contributed by atoms with Crippen LogP contribution >= 0.6 is 11.6 Å². The lowest BCUT2D eigenvalue weighted by molar-refractivity contribution is 0.330. The zero-order valence-corrected chi connectivity index (χ0v) is 11.6. The van der Waals surface area contributed by atoms with Crippen molar-refractivity contribution in [3.05, 3.63) is 34.9 Å². The molecule has 7 heteroatoms. The van der Waals surface area contributed by atoms with E-state index in [9.17, 15) is 25.5 Å². The van der Waals surface area contributed by atoms with Crippen molar-refractivity contribution < 1.29 is 25.5 Å². The molecule has 2 aromatic carbocycles. The summed E-state index contributed by atoms with van der Waals surface area (Å²) in [7, 11) is 0. The minimum absolute atomic E-state index is 0.391. The molecule has 21 heavy (non-hydrogen) atoms. The number of aromatic hydroxyl groups is 5. The van der Waals surface area contributed by atoms with Crippen molar-refractivity contribution in [1.29, 1.82) is 0 Å². The number of rotatable bonds is 2. The van der Waals surface area contributed by atoms with Crippen molar-refractivity contribution in [2.24, 2.45) is 4.99 Å². The molecule has 110 valence electrons. The molecule has 2 rings (SSSR count). The highest BCUT2D eigenvalue weighted by Crippen LogP contribution is 2.55. The van der Waals surface area contributed by atoms with Gasteiger partial charge in [0.15, 0.2) is 17.2 Å². The SMILES string of the molecule is CC(=Nc1c(O)c(O)c(O)c(O)c1O)c1ccc(Cl)cc1. The van der Waals surface area contributed by atoms with Crippen LogP contribution < -0.4 is 0 Å². The average molecular weight is 310 g/mol. The topological polar surface area (TPSA) is 114 Å². The molecule has 2 aromatic rings. The molecule has 0 heterocycles. The largest absolute Gasteiger partial charge is 0.503 e. The zero-order valence-electron chi connectivity index (χ0n) is 10.9. The Labute approximate surface area is 124 Å². The molecule has 0 radical (unpaired) electrons. The normalized spacial score (nSPS) is 11.6. The van der Waals surface area contributed by atoms with Crippen LogP contribution in [-0.2, 0) is 0 Å². The summed E-state index contributed by atoms with van der Waals surface area (Å²) in [4.78, 5) is 3.96. The Morgan fingerprint density at radius 1 is 0.810 bits per heavy atom. The van der Waals surface area contributed by atoms with E-state index in [1.54, 1.807) is 31.2 Å². The summed E-state index contributed by atoms with van der Waals surface area (Å²) in [5.74, 6) is -4.62. The highest BCUT2D eigenvalue weighted by Gasteiger charge is 2.23. The predicted octanol–water partition coefficient (Wildman–Crippen LogP) is 3.01. The standard InChI is InChI=1S/C14H12ClNO5/c1-6(7-2-4-8(15)5-3-7)16-9-10(17)12(19)14(21)13(20)11(9)18/h2-5,17-21H,1H3. The van der Waals surface area contributed by atoms with Gasteiger partial charge in [0, 0.05) is 10.7 Å². The summed E-state index contributed by atoms with van der Waals surface area (Å²) in [6, 6.07) is 6.63. The van der Waals surface area contributed by atoms with Gasteiger partial charge in [-0.15, -0.1) is 0 Å². The van der Waals surface area contributed by atoms with E-state index >= 15 is 0 Å². The van der Waals surface area contributed by atoms with Gasteiger partial charge in [0.2, 0.25) is 17.2 Å². The predicted molar refractivity (Wildman–Crippen MR) is 78.1 cm³/mol. The maximum Gasteiger partial charge on any atom is 0.208 e. The summed E-state index contributed by atoms with van der Waals surface area (Å²) in [6.45, 7) is 1.60. The van der Waals surface area contributed by atoms with Crippen LogP contribution in [0.2, 0.25) is 5.02 Å². The van der Waals surface area contributed by atoms with E-state index in [1.807, 2.05) is 0 Å². The molecule has 0 bridgehead atoms. The molecule has 0 aromatic heterocycles. The quantitative estimate of drug-likeness (QED) is 0.332. The molecule has 0 fully saturated rings. The molecule has 0 aliphatic rings. The Bertz CT molecular complexity index is 696. The van der Waals surface area contributed by atoms with Gasteiger partial charge in [-0.25, -0.2) is 4.99 Å². The highest BCUT2D eigenvalue weighted by molar-refractivity contribution is 6.30. The molecule has 0 amide bonds. The molecular weight excluding hydrogens is 298 g/mol. The lowest BCUT2D eigenvalue weighted by Crippen LogP contribution is -1.93. The van der Waals surface area contributed by atoms with Crippen molar-refractivity contribution in [1.82, 2.24) is 0 Å². The maximum atomic E-state index is 9.71. The monoisotopic (exact) mass is 309 g/mol. The summed E-state index contributed by atoms with van der Waals surface area (Å²) in [5, 5.41) is 48.2. The molecule has 5 N–H and O–H groups in total. The first-order valence-electron chi connectivity index (χ1n) is 5.83. The minimum atomic E-state index is -1.02. The third-order valence-corrected chi connectivity index (χ3v) is 3.14. The first-order valence-corrected chi connectivity index (χ1v) is 6.20. The van der Waals surface area contributed by atoms with Gasteiger partial charge in [0.25, 0.3) is 0 Å². The van der Waals surface area contributed by atoms with Crippen LogP contribution in [0, 0.1) is 0 Å². The molecule has 0 atom stereocenters. The Morgan fingerprint density at radius 2 is 1.24 bits per heavy atom. The van der Waals surface area contributed by atoms with Crippen LogP contribution in [0.25, 0.3) is 0 Å². The van der Waals surface area contributed by atoms with Crippen molar-refractivity contribution in [2.75, 3.05) is 0 Å². The summed E-state index contributed by atoms with van der Waals surface area (Å²) in [5.41, 5.74) is 0.599. The fourth-order valence-corrected chi connectivity index (χ4v) is 1.83. The van der Waals surface area contributed by atoms with E-state index in [1.165, 1.54) is 0 Å². The average Bonchev–Trinajstić information content (AvgIpc) is 2.48. The number of benzene rings is 2. The summed E-state index contributed by atoms with van der Waals surface area (Å²) in [6.07, 6.45) is 0. The Balaban J connectivity index is 2.57. The third-order valence-electron chi connectivity index (χ3n) is 2.89. The van der Waals surface area contributed by atoms with Crippen molar-refractivity contribution in [2.45, 2.75) is 6.92 Å². The van der Waals surface area contributed by atoms with E-state index < -0.39 is 34.4 Å². The van der Waals surface area contributed by atoms with E-state index in [2.05, 4.69) is 4.99 Å². The molecule has 0 saturated carbocycles. The van der Waals surface area contributed by atoms with Crippen LogP contribution in [0.3, 0.4) is 0 Å². The second-order valence-corrected chi connectivity index (χ2v) is 4.73. The van der Waals surface area contributed by atoms with Crippen molar-refractivity contribution >= 4 is 23.0 Å². The maximum absolute atomic E-state index is 9.71. The van der Waals surface area contributed by atoms with Crippen LogP contribution in [-0.4, -0.2) is 31.2 Å². The number of hydrogen-bond acceptors (Lipinski definition) is 6. The van der Waals surface area contributed by atoms with Gasteiger partial charge in [0.05, 0.1) is 0 Å². The third kappa shape index (κ3) is 2.66. The first-order chi connectivity index (χ1) is 9.82. The molecule has 0 aliphatic heterocycles. The number of phenols is 5. The highest BCUT2D eigenvalue weighted by atomic mass is 35.5. The van der Waals surface area contributed by atoms with Gasteiger partial charge < -0.3 is 25.5 Å². The van der Waals surface area contributed by atoms with Crippen LogP contribution in [0.5, 0.6) is 28.7 Å². The number of aliphatic imine (C=N–C) groups is 1. The fraction of sp³-hybridized carbons (Fsp3) is 0.0714. The van der Waals surface area contributed by atoms with Gasteiger partial charge in [0.1, 0.15) is 0 Å². The molecule has 0 spiro atoms. The van der Waals surface area contributed by atoms with E-state index in [0.29, 0.717) is 16.3 Å². The smallest absolute Gasteiger partial charge is 0.208 e. The van der Waals surface area contributed by atoms with E-state index in [4.69, 9.17) is 11.6 Å². The van der Waals surface area contributed by atoms with Gasteiger partial charge in [-0.2, -0.15) is 0 Å². The number of nitrogens with zero attached hydrogens (tertiary/aromatic N) is 1. The molecule has 0 unspecified atom stereocenters. The van der Waals surface area contributed by atoms with Gasteiger partial charge in [-0.1, -0.05) is 23.7 Å². The van der Waals surface area contributed by atoms with E-state index in [0.717, 1.165) is 0 Å². The van der Waals surface area contributed by atoms with Gasteiger partial charge in [-0.05, 0) is 24.6 Å². The Hall–Kier alpha value is -2.60. The first kappa shape index (κ1) is 14.8. The van der Waals surface area contributed by atoms with Crippen LogP contribution in [0.1, 0.15) is 12.5 Å². The van der Waals surface area contributed by atoms with Crippen molar-refractivity contribution in [3.63, 3.8) is 0 Å². The van der Waals surface area contributed by atoms with Gasteiger partial charge >= 0.3 is 0 Å². The second kappa shape index (κ2) is 5.41. The molecule has 0 aliphatic carbocycles. The zero-order chi connectivity index (χ0) is 15.7. The Morgan fingerprint density at radius 3 is 1.71 bits per heavy atom. The minimum Gasteiger partial charge on any atom is -0.503 e. The summed E-state index contributed by atoms with van der Waals surface area (Å²) < 4.78 is 0. The lowest BCUT2D eigenvalue weighted by Gasteiger charge is -2.10. The summed E-state index contributed by atoms with van der Waals surface area (Å²) >= 11 is 5.77. The Kier molecular flexibility index (Phi) is 3.82. The van der Waals surface area contributed by atoms with Crippen LogP contribution in [0.15, 0.2) is 29.3 Å². The number of hydrogen-bond donors (Lipinski definition) is 5. The number of phenolic OH excluding ortho intramolecular Hbond substituents is 5. The molecular formula is C14H12ClNO5. The lowest BCUT2D eigenvalue weighted by atomic mass is 10.1. The second-order valence-electron chi connectivity index (χ2n) is 4.30. The van der Waals surface area contributed by atoms with Crippen LogP contribution in [0.4, 0.5) is 5.69 Å². The molecule has 0 saturated heterocycles. The van der Waals surface area contributed by atoms with Gasteiger partial charge in [-0.3, -0.25) is 0 Å². The van der Waals surface area contributed by atoms with E-state index in [-0.39, 0.29) is 0 Å². The fourth-order valence-electron chi connectivity index (χ4n) is 1.70.